The van der Waals surface area contributed by atoms with E-state index in [2.05, 4.69) is 22.2 Å². The lowest BCUT2D eigenvalue weighted by atomic mass is 10.3. The summed E-state index contributed by atoms with van der Waals surface area (Å²) in [5.74, 6) is -0.188. The minimum atomic E-state index is -0.188. The van der Waals surface area contributed by atoms with Crippen LogP contribution in [0.2, 0.25) is 0 Å². The number of hydrogen-bond donors (Lipinski definition) is 1. The number of urea groups is 1. The molecule has 0 saturated carbocycles. The molecule has 0 aromatic carbocycles. The Bertz CT molecular complexity index is 834. The third-order valence-electron chi connectivity index (χ3n) is 4.18. The average Bonchev–Trinajstić information content (AvgIpc) is 3.24. The number of anilines is 1. The summed E-state index contributed by atoms with van der Waals surface area (Å²) in [7, 11) is 0. The second kappa shape index (κ2) is 8.77. The molecule has 1 aliphatic heterocycles. The maximum Gasteiger partial charge on any atom is 0.330 e. The van der Waals surface area contributed by atoms with E-state index in [1.54, 1.807) is 29.1 Å². The Hall–Kier alpha value is -2.74. The van der Waals surface area contributed by atoms with E-state index in [-0.39, 0.29) is 11.9 Å². The molecular formula is C19H23N5O2S. The van der Waals surface area contributed by atoms with Crippen LogP contribution in [0.15, 0.2) is 36.8 Å². The van der Waals surface area contributed by atoms with E-state index in [1.807, 2.05) is 24.4 Å². The van der Waals surface area contributed by atoms with E-state index in [0.29, 0.717) is 35.3 Å². The summed E-state index contributed by atoms with van der Waals surface area (Å²) in [5.41, 5.74) is 1.56. The smallest absolute Gasteiger partial charge is 0.330 e. The highest BCUT2D eigenvalue weighted by atomic mass is 32.1. The van der Waals surface area contributed by atoms with Gasteiger partial charge in [-0.15, -0.1) is 0 Å². The van der Waals surface area contributed by atoms with E-state index in [1.165, 1.54) is 11.3 Å². The van der Waals surface area contributed by atoms with Crippen LogP contribution in [0.5, 0.6) is 0 Å². The summed E-state index contributed by atoms with van der Waals surface area (Å²) in [6.45, 7) is 5.48. The molecule has 3 heterocycles. The maximum absolute atomic E-state index is 12.6. The lowest BCUT2D eigenvalue weighted by Gasteiger charge is -2.12. The number of carbonyl (C=O) groups excluding carboxylic acids is 2. The van der Waals surface area contributed by atoms with Gasteiger partial charge < -0.3 is 5.32 Å². The van der Waals surface area contributed by atoms with Crippen molar-refractivity contribution in [2.24, 2.45) is 0 Å². The molecule has 3 amide bonds. The van der Waals surface area contributed by atoms with Crippen LogP contribution in [0.1, 0.15) is 40.7 Å². The number of allylic oxidation sites excluding steroid dienone is 1. The third kappa shape index (κ3) is 4.51. The van der Waals surface area contributed by atoms with Crippen molar-refractivity contribution in [3.05, 3.63) is 52.9 Å². The van der Waals surface area contributed by atoms with Crippen molar-refractivity contribution >= 4 is 28.4 Å². The van der Waals surface area contributed by atoms with Gasteiger partial charge in [-0.3, -0.25) is 19.6 Å². The van der Waals surface area contributed by atoms with Crippen molar-refractivity contribution in [3.63, 3.8) is 0 Å². The molecule has 2 aromatic heterocycles. The van der Waals surface area contributed by atoms with Gasteiger partial charge in [0, 0.05) is 38.2 Å². The molecule has 3 rings (SSSR count). The van der Waals surface area contributed by atoms with Crippen molar-refractivity contribution in [2.45, 2.75) is 33.2 Å². The van der Waals surface area contributed by atoms with Crippen molar-refractivity contribution in [1.29, 1.82) is 0 Å². The van der Waals surface area contributed by atoms with Crippen LogP contribution in [0, 0.1) is 6.92 Å². The summed E-state index contributed by atoms with van der Waals surface area (Å²) in [6, 6.07) is 3.64. The first kappa shape index (κ1) is 19.0. The van der Waals surface area contributed by atoms with Crippen molar-refractivity contribution < 1.29 is 9.59 Å². The van der Waals surface area contributed by atoms with Crippen LogP contribution >= 0.6 is 11.3 Å². The van der Waals surface area contributed by atoms with Crippen LogP contribution in [0.3, 0.4) is 0 Å². The monoisotopic (exact) mass is 385 g/mol. The van der Waals surface area contributed by atoms with Crippen molar-refractivity contribution in [1.82, 2.24) is 20.2 Å². The Balaban J connectivity index is 1.65. The number of carbonyl (C=O) groups is 2. The second-order valence-corrected chi connectivity index (χ2v) is 7.23. The molecule has 0 atom stereocenters. The van der Waals surface area contributed by atoms with Gasteiger partial charge in [0.25, 0.3) is 5.91 Å². The minimum Gasteiger partial charge on any atom is -0.347 e. The lowest BCUT2D eigenvalue weighted by molar-refractivity contribution is 0.0954. The van der Waals surface area contributed by atoms with Crippen LogP contribution in [-0.2, 0) is 6.54 Å². The number of unbranched alkanes of at least 4 members (excludes halogenated alkanes) is 1. The summed E-state index contributed by atoms with van der Waals surface area (Å²) in [5, 5.41) is 3.45. The number of thiazole rings is 1. The quantitative estimate of drug-likeness (QED) is 0.793. The molecule has 0 unspecified atom stereocenters. The van der Waals surface area contributed by atoms with Gasteiger partial charge >= 0.3 is 6.03 Å². The van der Waals surface area contributed by atoms with Gasteiger partial charge in [-0.1, -0.05) is 36.8 Å². The summed E-state index contributed by atoms with van der Waals surface area (Å²) in [6.07, 6.45) is 9.25. The fourth-order valence-electron chi connectivity index (χ4n) is 2.71. The Morgan fingerprint density at radius 1 is 1.41 bits per heavy atom. The molecule has 2 aromatic rings. The number of amides is 3. The molecule has 1 fully saturated rings. The highest BCUT2D eigenvalue weighted by molar-refractivity contribution is 7.17. The molecule has 27 heavy (non-hydrogen) atoms. The number of aryl methyl sites for hydroxylation is 1. The zero-order valence-electron chi connectivity index (χ0n) is 15.5. The Kier molecular flexibility index (Phi) is 6.18. The molecule has 0 bridgehead atoms. The first-order valence-electron chi connectivity index (χ1n) is 8.99. The average molecular weight is 385 g/mol. The molecule has 1 N–H and O–H groups in total. The molecule has 0 aliphatic carbocycles. The number of nitrogens with one attached hydrogen (secondary N) is 1. The molecule has 0 spiro atoms. The van der Waals surface area contributed by atoms with Gasteiger partial charge in [0.1, 0.15) is 4.88 Å². The van der Waals surface area contributed by atoms with Crippen LogP contribution in [0.25, 0.3) is 0 Å². The first-order chi connectivity index (χ1) is 13.1. The third-order valence-corrected chi connectivity index (χ3v) is 5.36. The number of hydrogen-bond acceptors (Lipinski definition) is 5. The van der Waals surface area contributed by atoms with E-state index in [0.717, 1.165) is 18.4 Å². The number of nitrogens with zero attached hydrogens (tertiary/aromatic N) is 4. The summed E-state index contributed by atoms with van der Waals surface area (Å²) < 4.78 is 0. The van der Waals surface area contributed by atoms with Gasteiger partial charge in [-0.25, -0.2) is 9.78 Å². The highest BCUT2D eigenvalue weighted by Gasteiger charge is 2.31. The molecule has 1 aliphatic rings. The van der Waals surface area contributed by atoms with Crippen LogP contribution in [-0.4, -0.2) is 39.9 Å². The van der Waals surface area contributed by atoms with Gasteiger partial charge in [0.15, 0.2) is 5.13 Å². The van der Waals surface area contributed by atoms with Crippen molar-refractivity contribution in [2.75, 3.05) is 18.0 Å². The number of rotatable bonds is 7. The Morgan fingerprint density at radius 3 is 3.00 bits per heavy atom. The SMILES string of the molecule is CCC/C=C/N1CCN(c2nc(C)c(C(=O)NCc3cccnc3)s2)C1=O. The standard InChI is InChI=1S/C19H23N5O2S/c1-3-4-5-9-23-10-11-24(19(23)26)18-22-14(2)16(27-18)17(25)21-13-15-7-6-8-20-12-15/h5-9,12H,3-4,10-11,13H2,1-2H3,(H,21,25)/b9-5+. The lowest BCUT2D eigenvalue weighted by Crippen LogP contribution is -2.28. The van der Waals surface area contributed by atoms with E-state index >= 15 is 0 Å². The van der Waals surface area contributed by atoms with E-state index < -0.39 is 0 Å². The topological polar surface area (TPSA) is 78.4 Å². The van der Waals surface area contributed by atoms with Crippen LogP contribution < -0.4 is 10.2 Å². The Labute approximate surface area is 162 Å². The first-order valence-corrected chi connectivity index (χ1v) is 9.81. The molecule has 8 heteroatoms. The molecule has 0 radical (unpaired) electrons. The van der Waals surface area contributed by atoms with Crippen LogP contribution in [0.4, 0.5) is 9.93 Å². The van der Waals surface area contributed by atoms with Gasteiger partial charge in [-0.2, -0.15) is 0 Å². The molecule has 142 valence electrons. The Morgan fingerprint density at radius 2 is 2.26 bits per heavy atom. The summed E-state index contributed by atoms with van der Waals surface area (Å²) >= 11 is 1.25. The largest absolute Gasteiger partial charge is 0.347 e. The molecule has 7 nitrogen and oxygen atoms in total. The second-order valence-electron chi connectivity index (χ2n) is 6.26. The maximum atomic E-state index is 12.6. The predicted octanol–water partition coefficient (Wildman–Crippen LogP) is 3.33. The minimum absolute atomic E-state index is 0.0987. The zero-order chi connectivity index (χ0) is 19.2. The number of aromatic nitrogens is 2. The van der Waals surface area contributed by atoms with E-state index in [4.69, 9.17) is 0 Å². The fourth-order valence-corrected chi connectivity index (χ4v) is 3.71. The normalized spacial score (nSPS) is 14.4. The number of pyridine rings is 1. The highest BCUT2D eigenvalue weighted by Crippen LogP contribution is 2.29. The van der Waals surface area contributed by atoms with Gasteiger partial charge in [-0.05, 0) is 25.0 Å². The van der Waals surface area contributed by atoms with E-state index in [9.17, 15) is 9.59 Å². The molecule has 1 saturated heterocycles. The zero-order valence-corrected chi connectivity index (χ0v) is 16.3. The fraction of sp³-hybridized carbons (Fsp3) is 0.368. The molecular weight excluding hydrogens is 362 g/mol. The predicted molar refractivity (Wildman–Crippen MR) is 106 cm³/mol. The van der Waals surface area contributed by atoms with Gasteiger partial charge in [0.05, 0.1) is 5.69 Å². The summed E-state index contributed by atoms with van der Waals surface area (Å²) in [4.78, 5) is 37.4. The van der Waals surface area contributed by atoms with Gasteiger partial charge in [0.2, 0.25) is 0 Å². The van der Waals surface area contributed by atoms with Crippen molar-refractivity contribution in [3.8, 4) is 0 Å².